The van der Waals surface area contributed by atoms with Gasteiger partial charge in [0.15, 0.2) is 0 Å². The number of hydrogen-bond donors (Lipinski definition) is 3. The molecule has 108 valence electrons. The molecule has 1 atom stereocenters. The van der Waals surface area contributed by atoms with Crippen LogP contribution in [0, 0.1) is 5.92 Å². The highest BCUT2D eigenvalue weighted by Crippen LogP contribution is 2.40. The Balaban J connectivity index is 1.34. The molecule has 3 aliphatic rings. The maximum absolute atomic E-state index is 5.85. The zero-order chi connectivity index (χ0) is 13.5. The second-order valence-electron chi connectivity index (χ2n) is 6.95. The molecule has 0 spiro atoms. The van der Waals surface area contributed by atoms with Crippen LogP contribution in [-0.4, -0.2) is 12.2 Å². The van der Waals surface area contributed by atoms with Gasteiger partial charge in [-0.05, 0) is 68.1 Å². The molecule has 2 saturated carbocycles. The van der Waals surface area contributed by atoms with Crippen molar-refractivity contribution in [2.75, 3.05) is 10.6 Å². The molecule has 4 rings (SSSR count). The standard InChI is InChI=1S/C17H25N3/c18-14-8-11(9-14)4-7-17-19-15-6-5-13(10-16(15)20-17)12-2-1-3-12/h5-6,10-12,14,17,19-20H,1-4,7-9,18H2. The molecule has 1 heterocycles. The zero-order valence-corrected chi connectivity index (χ0v) is 12.1. The summed E-state index contributed by atoms with van der Waals surface area (Å²) in [5.74, 6) is 1.68. The van der Waals surface area contributed by atoms with Crippen LogP contribution in [0.1, 0.15) is 56.4 Å². The molecule has 3 nitrogen and oxygen atoms in total. The van der Waals surface area contributed by atoms with Gasteiger partial charge in [0.05, 0.1) is 17.5 Å². The first-order chi connectivity index (χ1) is 9.78. The number of nitrogens with one attached hydrogen (secondary N) is 2. The molecular formula is C17H25N3. The second kappa shape index (κ2) is 4.96. The van der Waals surface area contributed by atoms with Crippen molar-refractivity contribution in [3.63, 3.8) is 0 Å². The van der Waals surface area contributed by atoms with E-state index in [9.17, 15) is 0 Å². The fraction of sp³-hybridized carbons (Fsp3) is 0.647. The molecule has 1 aromatic carbocycles. The topological polar surface area (TPSA) is 50.1 Å². The highest BCUT2D eigenvalue weighted by molar-refractivity contribution is 5.75. The van der Waals surface area contributed by atoms with Gasteiger partial charge in [-0.3, -0.25) is 0 Å². The van der Waals surface area contributed by atoms with Gasteiger partial charge in [0.1, 0.15) is 0 Å². The van der Waals surface area contributed by atoms with Crippen LogP contribution >= 0.6 is 0 Å². The normalized spacial score (nSPS) is 31.8. The molecule has 0 amide bonds. The summed E-state index contributed by atoms with van der Waals surface area (Å²) in [5.41, 5.74) is 9.97. The van der Waals surface area contributed by atoms with E-state index in [0.29, 0.717) is 12.2 Å². The summed E-state index contributed by atoms with van der Waals surface area (Å²) in [6, 6.07) is 7.41. The molecule has 0 saturated heterocycles. The van der Waals surface area contributed by atoms with Gasteiger partial charge in [-0.15, -0.1) is 0 Å². The van der Waals surface area contributed by atoms with E-state index in [0.717, 1.165) is 11.8 Å². The number of nitrogens with two attached hydrogens (primary N) is 1. The molecule has 0 radical (unpaired) electrons. The molecule has 1 aliphatic heterocycles. The number of anilines is 2. The molecule has 1 unspecified atom stereocenters. The Morgan fingerprint density at radius 2 is 1.85 bits per heavy atom. The molecule has 4 N–H and O–H groups in total. The molecular weight excluding hydrogens is 246 g/mol. The van der Waals surface area contributed by atoms with E-state index in [1.165, 1.54) is 61.9 Å². The lowest BCUT2D eigenvalue weighted by atomic mass is 9.78. The van der Waals surface area contributed by atoms with Crippen LogP contribution in [0.2, 0.25) is 0 Å². The Hall–Kier alpha value is -1.22. The van der Waals surface area contributed by atoms with E-state index in [1.54, 1.807) is 0 Å². The number of fused-ring (bicyclic) bond motifs is 1. The molecule has 0 bridgehead atoms. The smallest absolute Gasteiger partial charge is 0.0964 e. The maximum atomic E-state index is 5.85. The molecule has 1 aromatic rings. The molecule has 2 aliphatic carbocycles. The Morgan fingerprint density at radius 3 is 2.55 bits per heavy atom. The Morgan fingerprint density at radius 1 is 1.05 bits per heavy atom. The van der Waals surface area contributed by atoms with Crippen molar-refractivity contribution in [1.29, 1.82) is 0 Å². The summed E-state index contributed by atoms with van der Waals surface area (Å²) >= 11 is 0. The van der Waals surface area contributed by atoms with Gasteiger partial charge in [0.25, 0.3) is 0 Å². The third-order valence-corrected chi connectivity index (χ3v) is 5.42. The number of rotatable bonds is 4. The zero-order valence-electron chi connectivity index (χ0n) is 12.1. The summed E-state index contributed by atoms with van der Waals surface area (Å²) in [6.45, 7) is 0. The summed E-state index contributed by atoms with van der Waals surface area (Å²) in [7, 11) is 0. The summed E-state index contributed by atoms with van der Waals surface area (Å²) in [4.78, 5) is 0. The average Bonchev–Trinajstić information content (AvgIpc) is 2.73. The van der Waals surface area contributed by atoms with Gasteiger partial charge in [0.2, 0.25) is 0 Å². The van der Waals surface area contributed by atoms with Gasteiger partial charge >= 0.3 is 0 Å². The predicted octanol–water partition coefficient (Wildman–Crippen LogP) is 3.64. The SMILES string of the molecule is NC1CC(CCC2Nc3ccc(C4CCC4)cc3N2)C1. The first kappa shape index (κ1) is 12.5. The fourth-order valence-electron chi connectivity index (χ4n) is 3.78. The van der Waals surface area contributed by atoms with Crippen LogP contribution in [0.25, 0.3) is 0 Å². The van der Waals surface area contributed by atoms with Crippen LogP contribution in [-0.2, 0) is 0 Å². The Bertz CT molecular complexity index is 489. The number of benzene rings is 1. The quantitative estimate of drug-likeness (QED) is 0.783. The van der Waals surface area contributed by atoms with Crippen molar-refractivity contribution in [3.05, 3.63) is 23.8 Å². The minimum atomic E-state index is 0.415. The van der Waals surface area contributed by atoms with E-state index in [-0.39, 0.29) is 0 Å². The highest BCUT2D eigenvalue weighted by Gasteiger charge is 2.28. The van der Waals surface area contributed by atoms with E-state index >= 15 is 0 Å². The first-order valence-corrected chi connectivity index (χ1v) is 8.20. The van der Waals surface area contributed by atoms with Crippen LogP contribution in [0.4, 0.5) is 11.4 Å². The summed E-state index contributed by atoms with van der Waals surface area (Å²) in [5, 5.41) is 7.26. The fourth-order valence-corrected chi connectivity index (χ4v) is 3.78. The van der Waals surface area contributed by atoms with Crippen molar-refractivity contribution in [1.82, 2.24) is 0 Å². The van der Waals surface area contributed by atoms with Gasteiger partial charge in [-0.1, -0.05) is 12.5 Å². The summed E-state index contributed by atoms with van der Waals surface area (Å²) < 4.78 is 0. The molecule has 3 heteroatoms. The highest BCUT2D eigenvalue weighted by atomic mass is 15.2. The minimum absolute atomic E-state index is 0.415. The van der Waals surface area contributed by atoms with E-state index in [4.69, 9.17) is 5.73 Å². The van der Waals surface area contributed by atoms with E-state index in [2.05, 4.69) is 28.8 Å². The molecule has 0 aromatic heterocycles. The van der Waals surface area contributed by atoms with E-state index in [1.807, 2.05) is 0 Å². The van der Waals surface area contributed by atoms with Crippen molar-refractivity contribution >= 4 is 11.4 Å². The first-order valence-electron chi connectivity index (χ1n) is 8.20. The van der Waals surface area contributed by atoms with E-state index < -0.39 is 0 Å². The minimum Gasteiger partial charge on any atom is -0.364 e. The number of hydrogen-bond acceptors (Lipinski definition) is 3. The van der Waals surface area contributed by atoms with Crippen molar-refractivity contribution < 1.29 is 0 Å². The average molecular weight is 271 g/mol. The van der Waals surface area contributed by atoms with Gasteiger partial charge < -0.3 is 16.4 Å². The lowest BCUT2D eigenvalue weighted by Crippen LogP contribution is -2.37. The second-order valence-corrected chi connectivity index (χ2v) is 6.95. The maximum Gasteiger partial charge on any atom is 0.0964 e. The van der Waals surface area contributed by atoms with Crippen LogP contribution in [0.15, 0.2) is 18.2 Å². The Kier molecular flexibility index (Phi) is 3.10. The van der Waals surface area contributed by atoms with Crippen LogP contribution in [0.3, 0.4) is 0 Å². The van der Waals surface area contributed by atoms with Crippen molar-refractivity contribution in [2.45, 2.75) is 63.1 Å². The van der Waals surface area contributed by atoms with Crippen LogP contribution < -0.4 is 16.4 Å². The third kappa shape index (κ3) is 2.28. The summed E-state index contributed by atoms with van der Waals surface area (Å²) in [6.07, 6.45) is 9.51. The largest absolute Gasteiger partial charge is 0.364 e. The lowest BCUT2D eigenvalue weighted by molar-refractivity contribution is 0.243. The van der Waals surface area contributed by atoms with Gasteiger partial charge in [-0.2, -0.15) is 0 Å². The van der Waals surface area contributed by atoms with Gasteiger partial charge in [0, 0.05) is 6.04 Å². The third-order valence-electron chi connectivity index (χ3n) is 5.42. The molecule has 2 fully saturated rings. The van der Waals surface area contributed by atoms with Gasteiger partial charge in [-0.25, -0.2) is 0 Å². The predicted molar refractivity (Wildman–Crippen MR) is 84.0 cm³/mol. The molecule has 20 heavy (non-hydrogen) atoms. The monoisotopic (exact) mass is 271 g/mol. The van der Waals surface area contributed by atoms with Crippen LogP contribution in [0.5, 0.6) is 0 Å². The van der Waals surface area contributed by atoms with Crippen molar-refractivity contribution in [2.24, 2.45) is 11.7 Å². The lowest BCUT2D eigenvalue weighted by Gasteiger charge is -2.33. The Labute approximate surface area is 121 Å². The van der Waals surface area contributed by atoms with Crippen molar-refractivity contribution in [3.8, 4) is 0 Å².